The molecule has 0 spiro atoms. The quantitative estimate of drug-likeness (QED) is 0.368. The average Bonchev–Trinajstić information content (AvgIpc) is 3.42. The predicted octanol–water partition coefficient (Wildman–Crippen LogP) is 4.79. The van der Waals surface area contributed by atoms with Gasteiger partial charge in [-0.1, -0.05) is 24.3 Å². The van der Waals surface area contributed by atoms with Crippen molar-refractivity contribution >= 4 is 45.7 Å². The summed E-state index contributed by atoms with van der Waals surface area (Å²) < 4.78 is 10.6. The van der Waals surface area contributed by atoms with Crippen LogP contribution in [0.1, 0.15) is 30.6 Å². The lowest BCUT2D eigenvalue weighted by Crippen LogP contribution is -2.14. The fourth-order valence-electron chi connectivity index (χ4n) is 2.69. The molecule has 0 saturated heterocycles. The Labute approximate surface area is 169 Å². The number of ether oxygens (including phenoxy) is 1. The van der Waals surface area contributed by atoms with Crippen LogP contribution in [0.3, 0.4) is 0 Å². The molecule has 0 aliphatic carbocycles. The molecule has 7 heteroatoms. The first-order valence-corrected chi connectivity index (χ1v) is 9.62. The van der Waals surface area contributed by atoms with Crippen LogP contribution in [0.25, 0.3) is 11.0 Å². The second kappa shape index (κ2) is 8.12. The number of hydrogen-bond acceptors (Lipinski definition) is 6. The van der Waals surface area contributed by atoms with Crippen molar-refractivity contribution in [2.75, 3.05) is 11.9 Å². The number of carbonyl (C=O) groups is 3. The first kappa shape index (κ1) is 18.6. The van der Waals surface area contributed by atoms with E-state index in [1.807, 2.05) is 23.6 Å². The van der Waals surface area contributed by atoms with Gasteiger partial charge in [-0.3, -0.25) is 9.59 Å². The molecule has 0 atom stereocenters. The number of nitrogens with one attached hydrogen (secondary N) is 1. The highest BCUT2D eigenvalue weighted by Crippen LogP contribution is 2.19. The third-order valence-corrected chi connectivity index (χ3v) is 5.03. The predicted molar refractivity (Wildman–Crippen MR) is 110 cm³/mol. The third-order valence-electron chi connectivity index (χ3n) is 4.16. The van der Waals surface area contributed by atoms with Crippen molar-refractivity contribution in [3.05, 3.63) is 88.3 Å². The Kier molecular flexibility index (Phi) is 5.22. The highest BCUT2D eigenvalue weighted by Gasteiger charge is 2.16. The summed E-state index contributed by atoms with van der Waals surface area (Å²) in [6.45, 7) is -0.421. The minimum Gasteiger partial charge on any atom is -0.454 e. The van der Waals surface area contributed by atoms with E-state index in [0.717, 1.165) is 5.39 Å². The lowest BCUT2D eigenvalue weighted by molar-refractivity contribution is 0.0468. The van der Waals surface area contributed by atoms with Crippen LogP contribution in [0.2, 0.25) is 0 Å². The molecule has 1 N–H and O–H groups in total. The van der Waals surface area contributed by atoms with E-state index in [2.05, 4.69) is 5.32 Å². The maximum atomic E-state index is 12.2. The lowest BCUT2D eigenvalue weighted by atomic mass is 10.2. The van der Waals surface area contributed by atoms with Crippen molar-refractivity contribution in [1.29, 1.82) is 0 Å². The van der Waals surface area contributed by atoms with E-state index >= 15 is 0 Å². The van der Waals surface area contributed by atoms with E-state index in [1.54, 1.807) is 36.4 Å². The first-order chi connectivity index (χ1) is 14.1. The number of Topliss-reactive ketones (excluding diaryl/α,β-unsaturated/α-hetero) is 1. The molecule has 2 aromatic carbocycles. The van der Waals surface area contributed by atoms with E-state index in [1.165, 1.54) is 23.5 Å². The number of fused-ring (bicyclic) bond motifs is 1. The SMILES string of the molecule is O=C(OCC(=O)c1cc2ccccc2o1)c1ccc(NC(=O)c2cccs2)cc1. The number of amides is 1. The van der Waals surface area contributed by atoms with Crippen molar-refractivity contribution in [1.82, 2.24) is 0 Å². The molecule has 0 aliphatic rings. The number of esters is 1. The van der Waals surface area contributed by atoms with Gasteiger partial charge < -0.3 is 14.5 Å². The third kappa shape index (κ3) is 4.25. The number of furan rings is 1. The Hall–Kier alpha value is -3.71. The van der Waals surface area contributed by atoms with Crippen molar-refractivity contribution in [3.63, 3.8) is 0 Å². The lowest BCUT2D eigenvalue weighted by Gasteiger charge is -2.06. The Morgan fingerprint density at radius 1 is 0.966 bits per heavy atom. The van der Waals surface area contributed by atoms with E-state index in [0.29, 0.717) is 16.1 Å². The van der Waals surface area contributed by atoms with E-state index in [-0.39, 0.29) is 17.2 Å². The second-order valence-corrected chi connectivity index (χ2v) is 7.10. The standard InChI is InChI=1S/C22H15NO5S/c24-17(19-12-15-4-1-2-5-18(15)28-19)13-27-22(26)14-7-9-16(10-8-14)23-21(25)20-6-3-11-29-20/h1-12H,13H2,(H,23,25). The van der Waals surface area contributed by atoms with Gasteiger partial charge in [-0.2, -0.15) is 0 Å². The number of thiophene rings is 1. The largest absolute Gasteiger partial charge is 0.454 e. The second-order valence-electron chi connectivity index (χ2n) is 6.16. The summed E-state index contributed by atoms with van der Waals surface area (Å²) in [6, 6.07) is 18.7. The average molecular weight is 405 g/mol. The highest BCUT2D eigenvalue weighted by atomic mass is 32.1. The normalized spacial score (nSPS) is 10.6. The van der Waals surface area contributed by atoms with Crippen LogP contribution in [0, 0.1) is 0 Å². The number of para-hydroxylation sites is 1. The molecule has 4 aromatic rings. The monoisotopic (exact) mass is 405 g/mol. The molecule has 0 unspecified atom stereocenters. The molecule has 0 saturated carbocycles. The Morgan fingerprint density at radius 2 is 1.76 bits per heavy atom. The van der Waals surface area contributed by atoms with Crippen molar-refractivity contribution < 1.29 is 23.5 Å². The summed E-state index contributed by atoms with van der Waals surface area (Å²) in [5, 5.41) is 5.38. The van der Waals surface area contributed by atoms with Crippen LogP contribution >= 0.6 is 11.3 Å². The van der Waals surface area contributed by atoms with Gasteiger partial charge in [-0.05, 0) is 47.8 Å². The van der Waals surface area contributed by atoms with Gasteiger partial charge in [-0.15, -0.1) is 11.3 Å². The zero-order valence-electron chi connectivity index (χ0n) is 15.1. The van der Waals surface area contributed by atoms with Gasteiger partial charge in [0.25, 0.3) is 5.91 Å². The van der Waals surface area contributed by atoms with Gasteiger partial charge in [0.05, 0.1) is 10.4 Å². The fraction of sp³-hybridized carbons (Fsp3) is 0.0455. The van der Waals surface area contributed by atoms with Crippen LogP contribution in [0.4, 0.5) is 5.69 Å². The number of anilines is 1. The molecular formula is C22H15NO5S. The maximum Gasteiger partial charge on any atom is 0.338 e. The molecule has 0 radical (unpaired) electrons. The molecule has 29 heavy (non-hydrogen) atoms. The van der Waals surface area contributed by atoms with Gasteiger partial charge in [0, 0.05) is 11.1 Å². The number of rotatable bonds is 6. The van der Waals surface area contributed by atoms with Crippen LogP contribution in [0.15, 0.2) is 76.5 Å². The summed E-state index contributed by atoms with van der Waals surface area (Å²) in [4.78, 5) is 37.0. The molecule has 0 bridgehead atoms. The van der Waals surface area contributed by atoms with Gasteiger partial charge in [0.1, 0.15) is 5.58 Å². The molecule has 4 rings (SSSR count). The van der Waals surface area contributed by atoms with Crippen LogP contribution in [-0.4, -0.2) is 24.3 Å². The van der Waals surface area contributed by atoms with Gasteiger partial charge in [0.15, 0.2) is 12.4 Å². The fourth-order valence-corrected chi connectivity index (χ4v) is 3.31. The molecule has 1 amide bonds. The molecule has 0 fully saturated rings. The van der Waals surface area contributed by atoms with E-state index < -0.39 is 18.4 Å². The summed E-state index contributed by atoms with van der Waals surface area (Å²) in [6.07, 6.45) is 0. The molecule has 2 aromatic heterocycles. The maximum absolute atomic E-state index is 12.2. The first-order valence-electron chi connectivity index (χ1n) is 8.74. The van der Waals surface area contributed by atoms with Crippen LogP contribution in [0.5, 0.6) is 0 Å². The van der Waals surface area contributed by atoms with Crippen molar-refractivity contribution in [3.8, 4) is 0 Å². The zero-order valence-corrected chi connectivity index (χ0v) is 15.9. The number of ketones is 1. The molecule has 144 valence electrons. The number of benzene rings is 2. The Morgan fingerprint density at radius 3 is 2.48 bits per heavy atom. The summed E-state index contributed by atoms with van der Waals surface area (Å²) in [7, 11) is 0. The van der Waals surface area contributed by atoms with Gasteiger partial charge in [0.2, 0.25) is 5.78 Å². The topological polar surface area (TPSA) is 85.6 Å². The highest BCUT2D eigenvalue weighted by molar-refractivity contribution is 7.12. The van der Waals surface area contributed by atoms with Crippen molar-refractivity contribution in [2.24, 2.45) is 0 Å². The molecule has 6 nitrogen and oxygen atoms in total. The summed E-state index contributed by atoms with van der Waals surface area (Å²) >= 11 is 1.34. The molecule has 2 heterocycles. The number of carbonyl (C=O) groups excluding carboxylic acids is 3. The van der Waals surface area contributed by atoms with Crippen LogP contribution < -0.4 is 5.32 Å². The van der Waals surface area contributed by atoms with Gasteiger partial charge in [-0.25, -0.2) is 4.79 Å². The zero-order chi connectivity index (χ0) is 20.2. The smallest absolute Gasteiger partial charge is 0.338 e. The number of hydrogen-bond donors (Lipinski definition) is 1. The Bertz CT molecular complexity index is 1140. The summed E-state index contributed by atoms with van der Waals surface area (Å²) in [5.41, 5.74) is 1.43. The van der Waals surface area contributed by atoms with E-state index in [9.17, 15) is 14.4 Å². The van der Waals surface area contributed by atoms with E-state index in [4.69, 9.17) is 9.15 Å². The summed E-state index contributed by atoms with van der Waals surface area (Å²) in [5.74, 6) is -1.13. The minimum absolute atomic E-state index is 0.144. The molecular weight excluding hydrogens is 390 g/mol. The van der Waals surface area contributed by atoms with Crippen LogP contribution in [-0.2, 0) is 4.74 Å². The minimum atomic E-state index is -0.634. The van der Waals surface area contributed by atoms with Gasteiger partial charge >= 0.3 is 5.97 Å². The molecule has 0 aliphatic heterocycles. The Balaban J connectivity index is 1.34. The van der Waals surface area contributed by atoms with Crippen molar-refractivity contribution in [2.45, 2.75) is 0 Å².